The Balaban J connectivity index is 1.45. The monoisotopic (exact) mass is 554 g/mol. The Morgan fingerprint density at radius 2 is 1.29 bits per heavy atom. The van der Waals surface area contributed by atoms with E-state index in [9.17, 15) is 9.59 Å². The Kier molecular flexibility index (Phi) is 9.00. The number of carbonyl (C=O) groups is 2. The van der Waals surface area contributed by atoms with Crippen LogP contribution in [-0.4, -0.2) is 39.7 Å². The number of amides is 2. The highest BCUT2D eigenvalue weighted by molar-refractivity contribution is 5.95. The van der Waals surface area contributed by atoms with E-state index in [1.807, 2.05) is 32.9 Å². The predicted molar refractivity (Wildman–Crippen MR) is 147 cm³/mol. The quantitative estimate of drug-likeness (QED) is 0.391. The van der Waals surface area contributed by atoms with E-state index >= 15 is 0 Å². The maximum Gasteiger partial charge on any atom is 0.407 e. The molecule has 2 heterocycles. The standard InChI is InChI=1S/C30H30N6O5/c1-30(2,3)41-29(38)36-23-8-6-22(7-9-23)35-28(37)21-12-24(39-26-10-4-19(15-31)17-33-26)14-25(13-21)40-27-11-5-20(16-32)18-34-27/h4-5,10-14,17-18,22-23H,6-9H2,1-3H3,(H,35,37)(H,36,38). The van der Waals surface area contributed by atoms with Crippen LogP contribution in [0.1, 0.15) is 67.9 Å². The largest absolute Gasteiger partial charge is 0.444 e. The van der Waals surface area contributed by atoms with Crippen molar-refractivity contribution < 1.29 is 23.8 Å². The molecule has 2 aromatic heterocycles. The average Bonchev–Trinajstić information content (AvgIpc) is 2.94. The van der Waals surface area contributed by atoms with Gasteiger partial charge < -0.3 is 24.8 Å². The maximum atomic E-state index is 13.3. The zero-order valence-electron chi connectivity index (χ0n) is 23.0. The Labute approximate surface area is 238 Å². The van der Waals surface area contributed by atoms with Crippen LogP contribution in [0.3, 0.4) is 0 Å². The third kappa shape index (κ3) is 8.67. The SMILES string of the molecule is CC(C)(C)OC(=O)NC1CCC(NC(=O)c2cc(Oc3ccc(C#N)cn3)cc(Oc3ccc(C#N)cn3)c2)CC1. The van der Waals surface area contributed by atoms with Gasteiger partial charge in [0.15, 0.2) is 0 Å². The minimum Gasteiger partial charge on any atom is -0.444 e. The highest BCUT2D eigenvalue weighted by Gasteiger charge is 2.26. The molecule has 11 heteroatoms. The lowest BCUT2D eigenvalue weighted by Crippen LogP contribution is -2.45. The topological polar surface area (TPSA) is 159 Å². The molecule has 11 nitrogen and oxygen atoms in total. The van der Waals surface area contributed by atoms with Gasteiger partial charge in [0.25, 0.3) is 5.91 Å². The van der Waals surface area contributed by atoms with Gasteiger partial charge in [0, 0.05) is 48.2 Å². The van der Waals surface area contributed by atoms with Gasteiger partial charge in [-0.25, -0.2) is 14.8 Å². The summed E-state index contributed by atoms with van der Waals surface area (Å²) in [5.41, 5.74) is 0.506. The molecule has 1 aliphatic carbocycles. The van der Waals surface area contributed by atoms with E-state index in [1.165, 1.54) is 12.4 Å². The third-order valence-corrected chi connectivity index (χ3v) is 6.10. The van der Waals surface area contributed by atoms with Gasteiger partial charge in [0.1, 0.15) is 29.2 Å². The number of ether oxygens (including phenoxy) is 3. The highest BCUT2D eigenvalue weighted by atomic mass is 16.6. The number of nitriles is 2. The van der Waals surface area contributed by atoms with Crippen molar-refractivity contribution in [1.82, 2.24) is 20.6 Å². The van der Waals surface area contributed by atoms with Gasteiger partial charge in [-0.15, -0.1) is 0 Å². The van der Waals surface area contributed by atoms with Gasteiger partial charge >= 0.3 is 6.09 Å². The number of nitrogens with zero attached hydrogens (tertiary/aromatic N) is 4. The fourth-order valence-electron chi connectivity index (χ4n) is 4.20. The third-order valence-electron chi connectivity index (χ3n) is 6.10. The lowest BCUT2D eigenvalue weighted by Gasteiger charge is -2.30. The second-order valence-corrected chi connectivity index (χ2v) is 10.6. The number of carbonyl (C=O) groups excluding carboxylic acids is 2. The number of pyridine rings is 2. The molecule has 1 aliphatic rings. The van der Waals surface area contributed by atoms with Crippen molar-refractivity contribution >= 4 is 12.0 Å². The van der Waals surface area contributed by atoms with Crippen molar-refractivity contribution in [2.75, 3.05) is 0 Å². The summed E-state index contributed by atoms with van der Waals surface area (Å²) in [5, 5.41) is 24.0. The number of hydrogen-bond acceptors (Lipinski definition) is 9. The van der Waals surface area contributed by atoms with Crippen molar-refractivity contribution in [1.29, 1.82) is 10.5 Å². The molecular weight excluding hydrogens is 524 g/mol. The molecule has 0 spiro atoms. The Morgan fingerprint density at radius 1 is 0.805 bits per heavy atom. The summed E-state index contributed by atoms with van der Waals surface area (Å²) in [6.07, 6.45) is 5.12. The number of nitrogens with one attached hydrogen (secondary N) is 2. The smallest absolute Gasteiger partial charge is 0.407 e. The molecule has 1 aromatic carbocycles. The van der Waals surface area contributed by atoms with E-state index in [1.54, 1.807) is 42.5 Å². The molecule has 2 amide bonds. The number of benzene rings is 1. The van der Waals surface area contributed by atoms with Crippen molar-refractivity contribution in [2.45, 2.75) is 64.1 Å². The van der Waals surface area contributed by atoms with Crippen LogP contribution in [0.2, 0.25) is 0 Å². The summed E-state index contributed by atoms with van der Waals surface area (Å²) in [4.78, 5) is 33.6. The lowest BCUT2D eigenvalue weighted by molar-refractivity contribution is 0.0488. The fourth-order valence-corrected chi connectivity index (χ4v) is 4.20. The molecule has 0 radical (unpaired) electrons. The molecule has 1 fully saturated rings. The minimum atomic E-state index is -0.567. The summed E-state index contributed by atoms with van der Waals surface area (Å²) < 4.78 is 17.1. The van der Waals surface area contributed by atoms with Crippen LogP contribution >= 0.6 is 0 Å². The normalized spacial score (nSPS) is 16.4. The van der Waals surface area contributed by atoms with Gasteiger partial charge in [-0.05, 0) is 70.7 Å². The van der Waals surface area contributed by atoms with Gasteiger partial charge in [-0.1, -0.05) is 0 Å². The maximum absolute atomic E-state index is 13.3. The first-order valence-electron chi connectivity index (χ1n) is 13.1. The molecule has 0 bridgehead atoms. The van der Waals surface area contributed by atoms with E-state index in [-0.39, 0.29) is 29.8 Å². The number of rotatable bonds is 7. The molecule has 2 N–H and O–H groups in total. The second kappa shape index (κ2) is 12.8. The zero-order valence-corrected chi connectivity index (χ0v) is 23.0. The first-order chi connectivity index (χ1) is 19.6. The Morgan fingerprint density at radius 3 is 1.71 bits per heavy atom. The van der Waals surface area contributed by atoms with Crippen LogP contribution in [0.15, 0.2) is 54.9 Å². The molecule has 41 heavy (non-hydrogen) atoms. The van der Waals surface area contributed by atoms with Crippen molar-refractivity contribution in [3.63, 3.8) is 0 Å². The second-order valence-electron chi connectivity index (χ2n) is 10.6. The predicted octanol–water partition coefficient (Wildman–Crippen LogP) is 5.37. The van der Waals surface area contributed by atoms with Gasteiger partial charge in [0.2, 0.25) is 11.8 Å². The molecule has 0 saturated heterocycles. The molecule has 210 valence electrons. The van der Waals surface area contributed by atoms with E-state index < -0.39 is 11.7 Å². The Hall–Kier alpha value is -5.16. The summed E-state index contributed by atoms with van der Waals surface area (Å²) in [6.45, 7) is 5.45. The Bertz CT molecular complexity index is 1380. The van der Waals surface area contributed by atoms with E-state index in [0.717, 1.165) is 0 Å². The van der Waals surface area contributed by atoms with Gasteiger partial charge in [-0.2, -0.15) is 10.5 Å². The summed E-state index contributed by atoms with van der Waals surface area (Å²) in [7, 11) is 0. The van der Waals surface area contributed by atoms with E-state index in [0.29, 0.717) is 53.9 Å². The van der Waals surface area contributed by atoms with E-state index in [4.69, 9.17) is 24.7 Å². The molecule has 0 atom stereocenters. The van der Waals surface area contributed by atoms with Crippen LogP contribution in [0.4, 0.5) is 4.79 Å². The van der Waals surface area contributed by atoms with Crippen LogP contribution < -0.4 is 20.1 Å². The molecule has 0 aliphatic heterocycles. The summed E-state index contributed by atoms with van der Waals surface area (Å²) in [6, 6.07) is 14.9. The van der Waals surface area contributed by atoms with Crippen LogP contribution in [0.25, 0.3) is 0 Å². The van der Waals surface area contributed by atoms with Crippen molar-refractivity contribution in [3.05, 3.63) is 71.5 Å². The highest BCUT2D eigenvalue weighted by Crippen LogP contribution is 2.30. The number of hydrogen-bond donors (Lipinski definition) is 2. The fraction of sp³-hybridized carbons (Fsp3) is 0.333. The van der Waals surface area contributed by atoms with Crippen LogP contribution in [-0.2, 0) is 4.74 Å². The first-order valence-corrected chi connectivity index (χ1v) is 13.1. The lowest BCUT2D eigenvalue weighted by atomic mass is 9.91. The van der Waals surface area contributed by atoms with Crippen LogP contribution in [0, 0.1) is 22.7 Å². The van der Waals surface area contributed by atoms with Crippen LogP contribution in [0.5, 0.6) is 23.3 Å². The molecule has 1 saturated carbocycles. The van der Waals surface area contributed by atoms with Gasteiger partial charge in [0.05, 0.1) is 11.1 Å². The molecule has 0 unspecified atom stereocenters. The van der Waals surface area contributed by atoms with Crippen molar-refractivity contribution in [3.8, 4) is 35.4 Å². The molecule has 3 aromatic rings. The minimum absolute atomic E-state index is 0.0189. The molecule has 4 rings (SSSR count). The van der Waals surface area contributed by atoms with E-state index in [2.05, 4.69) is 20.6 Å². The number of aromatic nitrogens is 2. The van der Waals surface area contributed by atoms with Crippen molar-refractivity contribution in [2.24, 2.45) is 0 Å². The first kappa shape index (κ1) is 28.8. The van der Waals surface area contributed by atoms with Gasteiger partial charge in [-0.3, -0.25) is 4.79 Å². The number of alkyl carbamates (subject to hydrolysis) is 1. The average molecular weight is 555 g/mol. The zero-order chi connectivity index (χ0) is 29.4. The molecular formula is C30H30N6O5. The summed E-state index contributed by atoms with van der Waals surface area (Å²) >= 11 is 0. The summed E-state index contributed by atoms with van der Waals surface area (Å²) in [5.74, 6) is 0.747.